The van der Waals surface area contributed by atoms with Crippen molar-refractivity contribution in [2.75, 3.05) is 7.11 Å². The highest BCUT2D eigenvalue weighted by Gasteiger charge is 2.26. The van der Waals surface area contributed by atoms with Gasteiger partial charge in [0.25, 0.3) is 5.56 Å². The number of aromatic amines is 1. The van der Waals surface area contributed by atoms with E-state index >= 15 is 0 Å². The number of benzene rings is 1. The fourth-order valence-corrected chi connectivity index (χ4v) is 4.29. The molecule has 148 valence electrons. The van der Waals surface area contributed by atoms with Gasteiger partial charge in [0.2, 0.25) is 0 Å². The lowest BCUT2D eigenvalue weighted by Gasteiger charge is -2.24. The smallest absolute Gasteiger partial charge is 0.251 e. The molecule has 2 aliphatic carbocycles. The van der Waals surface area contributed by atoms with E-state index in [-0.39, 0.29) is 11.7 Å². The quantitative estimate of drug-likeness (QED) is 0.751. The Bertz CT molecular complexity index is 937. The number of rotatable bonds is 5. The fraction of sp³-hybridized carbons (Fsp3) is 0.435. The van der Waals surface area contributed by atoms with Gasteiger partial charge in [-0.05, 0) is 74.1 Å². The van der Waals surface area contributed by atoms with Crippen molar-refractivity contribution in [3.05, 3.63) is 68.6 Å². The van der Waals surface area contributed by atoms with Crippen LogP contribution in [0.5, 0.6) is 5.75 Å². The predicted octanol–water partition coefficient (Wildman–Crippen LogP) is 4.90. The number of pyridine rings is 1. The topological polar surface area (TPSA) is 62.3 Å². The molecule has 2 fully saturated rings. The fourth-order valence-electron chi connectivity index (χ4n) is 4.04. The predicted molar refractivity (Wildman–Crippen MR) is 112 cm³/mol. The normalized spacial score (nSPS) is 22.9. The summed E-state index contributed by atoms with van der Waals surface area (Å²) in [5.74, 6) is 1.41. The minimum atomic E-state index is -0.193. The molecule has 0 bridgehead atoms. The number of halogens is 1. The highest BCUT2D eigenvalue weighted by atomic mass is 35.5. The van der Waals surface area contributed by atoms with Gasteiger partial charge < -0.3 is 14.8 Å². The maximum atomic E-state index is 12.6. The maximum Gasteiger partial charge on any atom is 0.251 e. The van der Waals surface area contributed by atoms with Gasteiger partial charge in [-0.1, -0.05) is 29.8 Å². The van der Waals surface area contributed by atoms with Crippen molar-refractivity contribution in [2.24, 2.45) is 5.92 Å². The van der Waals surface area contributed by atoms with Crippen molar-refractivity contribution < 1.29 is 9.84 Å². The molecule has 4 nitrogen and oxygen atoms in total. The van der Waals surface area contributed by atoms with E-state index in [0.717, 1.165) is 60.9 Å². The molecule has 2 aromatic rings. The van der Waals surface area contributed by atoms with Crippen molar-refractivity contribution in [1.82, 2.24) is 4.98 Å². The summed E-state index contributed by atoms with van der Waals surface area (Å²) in [5.41, 5.74) is 3.63. The molecule has 0 saturated heterocycles. The third-order valence-corrected chi connectivity index (χ3v) is 6.15. The van der Waals surface area contributed by atoms with Gasteiger partial charge >= 0.3 is 0 Å². The number of hydrogen-bond donors (Lipinski definition) is 2. The second-order valence-corrected chi connectivity index (χ2v) is 8.34. The number of aliphatic hydroxyl groups excluding tert-OH is 1. The van der Waals surface area contributed by atoms with Crippen molar-refractivity contribution in [1.29, 1.82) is 0 Å². The van der Waals surface area contributed by atoms with Crippen molar-refractivity contribution in [3.8, 4) is 5.75 Å². The molecule has 2 aliphatic rings. The Morgan fingerprint density at radius 2 is 1.89 bits per heavy atom. The van der Waals surface area contributed by atoms with E-state index in [1.807, 2.05) is 30.3 Å². The Hall–Kier alpha value is -2.04. The summed E-state index contributed by atoms with van der Waals surface area (Å²) in [6, 6.07) is 9.69. The van der Waals surface area contributed by atoms with Gasteiger partial charge in [0, 0.05) is 16.8 Å². The van der Waals surface area contributed by atoms with Gasteiger partial charge in [0.1, 0.15) is 5.75 Å². The number of H-pyrrole nitrogens is 1. The zero-order valence-corrected chi connectivity index (χ0v) is 16.8. The molecule has 2 saturated carbocycles. The zero-order valence-electron chi connectivity index (χ0n) is 16.1. The molecule has 0 atom stereocenters. The minimum absolute atomic E-state index is 0.00424. The summed E-state index contributed by atoms with van der Waals surface area (Å²) in [6.07, 6.45) is 7.75. The summed E-state index contributed by atoms with van der Waals surface area (Å²) in [4.78, 5) is 15.7. The first-order valence-corrected chi connectivity index (χ1v) is 10.4. The second-order valence-electron chi connectivity index (χ2n) is 7.93. The van der Waals surface area contributed by atoms with E-state index < -0.39 is 0 Å². The Morgan fingerprint density at radius 3 is 2.50 bits per heavy atom. The standard InChI is InChI=1S/C23H26ClNO3/c1-28-22-11-6-16(13-20(22)24)19(12-14-2-7-17(26)8-3-14)21-10-9-18(15-4-5-15)23(27)25-21/h6,9-15,17,26H,2-5,7-8H2,1H3,(H,25,27). The molecule has 28 heavy (non-hydrogen) atoms. The van der Waals surface area contributed by atoms with E-state index in [4.69, 9.17) is 16.3 Å². The highest BCUT2D eigenvalue weighted by Crippen LogP contribution is 2.39. The zero-order chi connectivity index (χ0) is 19.7. The summed E-state index contributed by atoms with van der Waals surface area (Å²) >= 11 is 6.37. The molecule has 0 amide bonds. The van der Waals surface area contributed by atoms with Crippen molar-refractivity contribution in [3.63, 3.8) is 0 Å². The number of nitrogens with one attached hydrogen (secondary N) is 1. The Balaban J connectivity index is 1.74. The molecule has 5 heteroatoms. The molecular weight excluding hydrogens is 374 g/mol. The van der Waals surface area contributed by atoms with Gasteiger partial charge in [-0.3, -0.25) is 4.79 Å². The van der Waals surface area contributed by atoms with Crippen LogP contribution in [0, 0.1) is 5.92 Å². The third kappa shape index (κ3) is 4.18. The first kappa shape index (κ1) is 19.3. The number of aromatic nitrogens is 1. The minimum Gasteiger partial charge on any atom is -0.495 e. The highest BCUT2D eigenvalue weighted by molar-refractivity contribution is 6.32. The average Bonchev–Trinajstić information content (AvgIpc) is 3.52. The maximum absolute atomic E-state index is 12.6. The second kappa shape index (κ2) is 8.14. The first-order chi connectivity index (χ1) is 13.5. The molecule has 0 spiro atoms. The van der Waals surface area contributed by atoms with Crippen LogP contribution in [0.25, 0.3) is 5.57 Å². The molecule has 1 aromatic carbocycles. The molecule has 2 N–H and O–H groups in total. The number of ether oxygens (including phenoxy) is 1. The lowest BCUT2D eigenvalue weighted by Crippen LogP contribution is -2.18. The first-order valence-electron chi connectivity index (χ1n) is 10.0. The Morgan fingerprint density at radius 1 is 1.14 bits per heavy atom. The SMILES string of the molecule is COc1ccc(C(=CC2CCC(O)CC2)c2ccc(C3CC3)c(=O)[nH]2)cc1Cl. The van der Waals surface area contributed by atoms with Crippen LogP contribution in [-0.4, -0.2) is 23.3 Å². The van der Waals surface area contributed by atoms with Crippen molar-refractivity contribution >= 4 is 17.2 Å². The van der Waals surface area contributed by atoms with E-state index in [1.165, 1.54) is 0 Å². The molecule has 0 unspecified atom stereocenters. The van der Waals surface area contributed by atoms with E-state index in [1.54, 1.807) is 7.11 Å². The van der Waals surface area contributed by atoms with Crippen LogP contribution in [0.15, 0.2) is 41.2 Å². The molecule has 0 aliphatic heterocycles. The molecule has 4 rings (SSSR count). The largest absolute Gasteiger partial charge is 0.495 e. The average molecular weight is 400 g/mol. The summed E-state index contributed by atoms with van der Waals surface area (Å²) in [6.45, 7) is 0. The number of methoxy groups -OCH3 is 1. The van der Waals surface area contributed by atoms with Crippen LogP contribution in [0.1, 0.15) is 61.3 Å². The molecule has 1 aromatic heterocycles. The summed E-state index contributed by atoms with van der Waals surface area (Å²) < 4.78 is 5.28. The number of hydrogen-bond acceptors (Lipinski definition) is 3. The van der Waals surface area contributed by atoms with Crippen molar-refractivity contribution in [2.45, 2.75) is 50.5 Å². The Kier molecular flexibility index (Phi) is 5.61. The third-order valence-electron chi connectivity index (χ3n) is 5.85. The molecule has 1 heterocycles. The van der Waals surface area contributed by atoms with Crippen LogP contribution >= 0.6 is 11.6 Å². The van der Waals surface area contributed by atoms with Crippen LogP contribution in [0.3, 0.4) is 0 Å². The summed E-state index contributed by atoms with van der Waals surface area (Å²) in [5, 5.41) is 10.4. The van der Waals surface area contributed by atoms with Gasteiger partial charge in [0.15, 0.2) is 0 Å². The van der Waals surface area contributed by atoms with Gasteiger partial charge in [-0.15, -0.1) is 0 Å². The van der Waals surface area contributed by atoms with E-state index in [9.17, 15) is 9.90 Å². The molecule has 0 radical (unpaired) electrons. The van der Waals surface area contributed by atoms with Crippen LogP contribution in [0.2, 0.25) is 5.02 Å². The van der Waals surface area contributed by atoms with Crippen LogP contribution in [0.4, 0.5) is 0 Å². The van der Waals surface area contributed by atoms with Gasteiger partial charge in [-0.2, -0.15) is 0 Å². The number of aliphatic hydroxyl groups is 1. The monoisotopic (exact) mass is 399 g/mol. The van der Waals surface area contributed by atoms with E-state index in [2.05, 4.69) is 11.1 Å². The van der Waals surface area contributed by atoms with Gasteiger partial charge in [0.05, 0.1) is 18.2 Å². The summed E-state index contributed by atoms with van der Waals surface area (Å²) in [7, 11) is 1.60. The lowest BCUT2D eigenvalue weighted by molar-refractivity contribution is 0.118. The number of allylic oxidation sites excluding steroid dienone is 1. The van der Waals surface area contributed by atoms with Crippen LogP contribution in [-0.2, 0) is 0 Å². The van der Waals surface area contributed by atoms with Crippen LogP contribution < -0.4 is 10.3 Å². The Labute approximate surface area is 170 Å². The lowest BCUT2D eigenvalue weighted by atomic mass is 9.85. The van der Waals surface area contributed by atoms with Gasteiger partial charge in [-0.25, -0.2) is 0 Å². The van der Waals surface area contributed by atoms with E-state index in [0.29, 0.717) is 22.6 Å². The molecular formula is C23H26ClNO3.